The number of hydrogen-bond acceptors (Lipinski definition) is 4. The minimum absolute atomic E-state index is 0.0693. The van der Waals surface area contributed by atoms with E-state index >= 15 is 0 Å². The SMILES string of the molecule is CCOc1ccc(C(=O)NS(=O)(=O)c2ccc(C)c(C)c2)cc1. The van der Waals surface area contributed by atoms with Crippen molar-refractivity contribution < 1.29 is 17.9 Å². The second-order valence-electron chi connectivity index (χ2n) is 5.14. The molecule has 0 heterocycles. The van der Waals surface area contributed by atoms with Gasteiger partial charge in [-0.2, -0.15) is 0 Å². The summed E-state index contributed by atoms with van der Waals surface area (Å²) in [7, 11) is -3.90. The van der Waals surface area contributed by atoms with Crippen LogP contribution in [0, 0.1) is 13.8 Å². The highest BCUT2D eigenvalue weighted by Crippen LogP contribution is 2.16. The number of sulfonamides is 1. The third-order valence-electron chi connectivity index (χ3n) is 3.44. The van der Waals surface area contributed by atoms with Gasteiger partial charge < -0.3 is 4.74 Å². The molecular formula is C17H19NO4S. The molecule has 0 bridgehead atoms. The van der Waals surface area contributed by atoms with E-state index in [-0.39, 0.29) is 10.5 Å². The number of rotatable bonds is 5. The van der Waals surface area contributed by atoms with Gasteiger partial charge in [0.25, 0.3) is 15.9 Å². The maximum atomic E-state index is 12.3. The first-order chi connectivity index (χ1) is 10.8. The molecule has 0 aromatic heterocycles. The number of carbonyl (C=O) groups excluding carboxylic acids is 1. The van der Waals surface area contributed by atoms with Crippen LogP contribution in [-0.2, 0) is 10.0 Å². The lowest BCUT2D eigenvalue weighted by Crippen LogP contribution is -2.30. The van der Waals surface area contributed by atoms with Gasteiger partial charge in [-0.3, -0.25) is 4.79 Å². The molecule has 0 atom stereocenters. The second kappa shape index (κ2) is 6.83. The van der Waals surface area contributed by atoms with E-state index in [2.05, 4.69) is 4.72 Å². The molecule has 0 saturated carbocycles. The van der Waals surface area contributed by atoms with E-state index in [1.165, 1.54) is 18.2 Å². The number of nitrogens with one attached hydrogen (secondary N) is 1. The molecule has 0 aliphatic heterocycles. The third kappa shape index (κ3) is 4.10. The Hall–Kier alpha value is -2.34. The summed E-state index contributed by atoms with van der Waals surface area (Å²) in [6.45, 7) is 6.09. The van der Waals surface area contributed by atoms with Crippen LogP contribution in [-0.4, -0.2) is 20.9 Å². The van der Waals surface area contributed by atoms with E-state index in [9.17, 15) is 13.2 Å². The minimum Gasteiger partial charge on any atom is -0.494 e. The largest absolute Gasteiger partial charge is 0.494 e. The first kappa shape index (κ1) is 17.0. The fraction of sp³-hybridized carbons (Fsp3) is 0.235. The Labute approximate surface area is 136 Å². The van der Waals surface area contributed by atoms with Crippen molar-refractivity contribution in [3.63, 3.8) is 0 Å². The van der Waals surface area contributed by atoms with Crippen LogP contribution in [0.2, 0.25) is 0 Å². The van der Waals surface area contributed by atoms with Crippen LogP contribution in [0.4, 0.5) is 0 Å². The normalized spacial score (nSPS) is 11.1. The summed E-state index contributed by atoms with van der Waals surface area (Å²) in [5.41, 5.74) is 2.09. The summed E-state index contributed by atoms with van der Waals surface area (Å²) >= 11 is 0. The van der Waals surface area contributed by atoms with Crippen molar-refractivity contribution in [1.82, 2.24) is 4.72 Å². The number of amides is 1. The highest BCUT2D eigenvalue weighted by molar-refractivity contribution is 7.90. The molecule has 122 valence electrons. The monoisotopic (exact) mass is 333 g/mol. The lowest BCUT2D eigenvalue weighted by atomic mass is 10.1. The molecule has 2 aromatic rings. The predicted octanol–water partition coefficient (Wildman–Crippen LogP) is 2.82. The number of carbonyl (C=O) groups is 1. The fourth-order valence-electron chi connectivity index (χ4n) is 1.99. The molecule has 5 nitrogen and oxygen atoms in total. The summed E-state index contributed by atoms with van der Waals surface area (Å²) in [5, 5.41) is 0. The van der Waals surface area contributed by atoms with E-state index in [0.717, 1.165) is 11.1 Å². The van der Waals surface area contributed by atoms with Crippen molar-refractivity contribution in [1.29, 1.82) is 0 Å². The minimum atomic E-state index is -3.90. The molecule has 23 heavy (non-hydrogen) atoms. The Morgan fingerprint density at radius 1 is 1.04 bits per heavy atom. The van der Waals surface area contributed by atoms with Crippen LogP contribution in [0.25, 0.3) is 0 Å². The van der Waals surface area contributed by atoms with Gasteiger partial charge in [0.2, 0.25) is 0 Å². The van der Waals surface area contributed by atoms with E-state index in [0.29, 0.717) is 12.4 Å². The topological polar surface area (TPSA) is 72.5 Å². The highest BCUT2D eigenvalue weighted by Gasteiger charge is 2.19. The molecule has 2 rings (SSSR count). The predicted molar refractivity (Wildman–Crippen MR) is 88.2 cm³/mol. The van der Waals surface area contributed by atoms with E-state index < -0.39 is 15.9 Å². The van der Waals surface area contributed by atoms with Crippen LogP contribution in [0.3, 0.4) is 0 Å². The molecule has 0 radical (unpaired) electrons. The Balaban J connectivity index is 2.19. The van der Waals surface area contributed by atoms with Crippen molar-refractivity contribution >= 4 is 15.9 Å². The first-order valence-corrected chi connectivity index (χ1v) is 8.69. The highest BCUT2D eigenvalue weighted by atomic mass is 32.2. The van der Waals surface area contributed by atoms with Crippen molar-refractivity contribution in [2.24, 2.45) is 0 Å². The first-order valence-electron chi connectivity index (χ1n) is 7.21. The van der Waals surface area contributed by atoms with Gasteiger partial charge in [0.15, 0.2) is 0 Å². The smallest absolute Gasteiger partial charge is 0.265 e. The lowest BCUT2D eigenvalue weighted by Gasteiger charge is -2.09. The van der Waals surface area contributed by atoms with Crippen LogP contribution < -0.4 is 9.46 Å². The number of benzene rings is 2. The van der Waals surface area contributed by atoms with Gasteiger partial charge in [-0.05, 0) is 68.3 Å². The molecule has 0 aliphatic carbocycles. The van der Waals surface area contributed by atoms with Gasteiger partial charge in [0.05, 0.1) is 11.5 Å². The van der Waals surface area contributed by atoms with E-state index in [4.69, 9.17) is 4.74 Å². The number of ether oxygens (including phenoxy) is 1. The molecule has 6 heteroatoms. The van der Waals surface area contributed by atoms with Crippen molar-refractivity contribution in [3.8, 4) is 5.75 Å². The van der Waals surface area contributed by atoms with Gasteiger partial charge >= 0.3 is 0 Å². The Morgan fingerprint density at radius 2 is 1.70 bits per heavy atom. The quantitative estimate of drug-likeness (QED) is 0.913. The van der Waals surface area contributed by atoms with Crippen molar-refractivity contribution in [2.75, 3.05) is 6.61 Å². The second-order valence-corrected chi connectivity index (χ2v) is 6.82. The molecule has 0 aliphatic rings. The number of hydrogen-bond donors (Lipinski definition) is 1. The van der Waals surface area contributed by atoms with E-state index in [1.807, 2.05) is 20.8 Å². The summed E-state index contributed by atoms with van der Waals surface area (Å²) in [4.78, 5) is 12.2. The molecule has 0 unspecified atom stereocenters. The Bertz CT molecular complexity index is 811. The zero-order valence-electron chi connectivity index (χ0n) is 13.3. The summed E-state index contributed by atoms with van der Waals surface area (Å²) in [6.07, 6.45) is 0. The summed E-state index contributed by atoms with van der Waals surface area (Å²) in [5.74, 6) is -0.0488. The molecular weight excluding hydrogens is 314 g/mol. The Morgan fingerprint density at radius 3 is 2.26 bits per heavy atom. The van der Waals surface area contributed by atoms with Gasteiger partial charge in [0, 0.05) is 5.56 Å². The standard InChI is InChI=1S/C17H19NO4S/c1-4-22-15-8-6-14(7-9-15)17(19)18-23(20,21)16-10-5-12(2)13(3)11-16/h5-11H,4H2,1-3H3,(H,18,19). The maximum absolute atomic E-state index is 12.3. The fourth-order valence-corrected chi connectivity index (χ4v) is 3.05. The molecule has 1 amide bonds. The summed E-state index contributed by atoms with van der Waals surface area (Å²) < 4.78 is 31.9. The van der Waals surface area contributed by atoms with Crippen molar-refractivity contribution in [3.05, 3.63) is 59.2 Å². The van der Waals surface area contributed by atoms with Crippen LogP contribution in [0.1, 0.15) is 28.4 Å². The van der Waals surface area contributed by atoms with Gasteiger partial charge in [-0.25, -0.2) is 13.1 Å². The molecule has 0 saturated heterocycles. The molecule has 2 aromatic carbocycles. The van der Waals surface area contributed by atoms with Gasteiger partial charge in [-0.1, -0.05) is 6.07 Å². The summed E-state index contributed by atoms with van der Waals surface area (Å²) in [6, 6.07) is 11.0. The van der Waals surface area contributed by atoms with Gasteiger partial charge in [0.1, 0.15) is 5.75 Å². The van der Waals surface area contributed by atoms with Gasteiger partial charge in [-0.15, -0.1) is 0 Å². The Kier molecular flexibility index (Phi) is 5.05. The van der Waals surface area contributed by atoms with E-state index in [1.54, 1.807) is 24.3 Å². The average Bonchev–Trinajstić information content (AvgIpc) is 2.50. The third-order valence-corrected chi connectivity index (χ3v) is 4.77. The maximum Gasteiger partial charge on any atom is 0.265 e. The molecule has 0 fully saturated rings. The van der Waals surface area contributed by atoms with Crippen LogP contribution in [0.5, 0.6) is 5.75 Å². The van der Waals surface area contributed by atoms with Crippen LogP contribution in [0.15, 0.2) is 47.4 Å². The van der Waals surface area contributed by atoms with Crippen LogP contribution >= 0.6 is 0 Å². The zero-order valence-corrected chi connectivity index (χ0v) is 14.1. The number of aryl methyl sites for hydroxylation is 2. The molecule has 1 N–H and O–H groups in total. The molecule has 0 spiro atoms. The zero-order chi connectivity index (χ0) is 17.0. The van der Waals surface area contributed by atoms with Crippen molar-refractivity contribution in [2.45, 2.75) is 25.7 Å². The average molecular weight is 333 g/mol. The lowest BCUT2D eigenvalue weighted by molar-refractivity contribution is 0.0981.